The maximum atomic E-state index is 12.8. The van der Waals surface area contributed by atoms with Crippen LogP contribution in [0.2, 0.25) is 0 Å². The third-order valence-electron chi connectivity index (χ3n) is 13.7. The van der Waals surface area contributed by atoms with Gasteiger partial charge in [-0.05, 0) is 122 Å². The fourth-order valence-electron chi connectivity index (χ4n) is 9.66. The number of aryl methyl sites for hydroxylation is 2. The van der Waals surface area contributed by atoms with Gasteiger partial charge in [0.25, 0.3) is 11.1 Å². The zero-order valence-corrected chi connectivity index (χ0v) is 42.3. The lowest BCUT2D eigenvalue weighted by atomic mass is 9.92. The SMILES string of the molecule is N[C@@H]1CCCCC1NS(=O)(=O)c1ccc(-c2ccc(CSc3nc4c(c(=O)[nH]3)CCC4)cc2)cc1.N[C@H]1CCCCC1NS(=O)(=O)c1ccc(-c2ccc(CSc3nc4c(c(=O)[nH]3)CCC4)cc2)cc1. The van der Waals surface area contributed by atoms with Gasteiger partial charge in [-0.1, -0.05) is 122 Å². The number of nitrogens with two attached hydrogens (primary N) is 2. The number of H-pyrrole nitrogens is 2. The highest BCUT2D eigenvalue weighted by atomic mass is 32.2. The number of sulfonamides is 2. The van der Waals surface area contributed by atoms with Crippen LogP contribution in [0.1, 0.15) is 97.8 Å². The molecular weight excluding hydrogens is 961 g/mol. The van der Waals surface area contributed by atoms with E-state index in [1.54, 1.807) is 24.3 Å². The van der Waals surface area contributed by atoms with Gasteiger partial charge in [0.2, 0.25) is 20.0 Å². The van der Waals surface area contributed by atoms with E-state index in [2.05, 4.69) is 29.4 Å². The quantitative estimate of drug-likeness (QED) is 0.0459. The van der Waals surface area contributed by atoms with Crippen LogP contribution in [0.15, 0.2) is 127 Å². The van der Waals surface area contributed by atoms with Crippen molar-refractivity contribution in [1.29, 1.82) is 0 Å². The minimum Gasteiger partial charge on any atom is -0.326 e. The molecule has 368 valence electrons. The first-order valence-electron chi connectivity index (χ1n) is 24.2. The van der Waals surface area contributed by atoms with E-state index in [4.69, 9.17) is 11.5 Å². The molecule has 0 spiro atoms. The lowest BCUT2D eigenvalue weighted by Crippen LogP contribution is -2.49. The van der Waals surface area contributed by atoms with E-state index in [1.165, 1.54) is 23.5 Å². The number of nitrogens with zero attached hydrogens (tertiary/aromatic N) is 2. The Morgan fingerprint density at radius 1 is 0.486 bits per heavy atom. The van der Waals surface area contributed by atoms with Crippen molar-refractivity contribution in [2.24, 2.45) is 11.5 Å². The number of rotatable bonds is 14. The molecule has 2 aromatic heterocycles. The molecule has 18 heteroatoms. The van der Waals surface area contributed by atoms with E-state index in [9.17, 15) is 26.4 Å². The van der Waals surface area contributed by atoms with Crippen LogP contribution < -0.4 is 32.0 Å². The van der Waals surface area contributed by atoms with E-state index >= 15 is 0 Å². The minimum absolute atomic E-state index is 0.00686. The molecule has 0 saturated heterocycles. The molecule has 0 aliphatic heterocycles. The standard InChI is InChI=1S/2C26H30N4O3S2/c2*27-22-5-1-2-6-24(22)30-35(32,33)20-14-12-19(13-15-20)18-10-8-17(9-11-18)16-34-26-28-23-7-3-4-21(23)25(31)29-26/h2*8-15,22,24,30H,1-7,16,27H2,(H,28,29,31)/t2*22-,24?/m10/s1. The van der Waals surface area contributed by atoms with Gasteiger partial charge in [0.15, 0.2) is 10.3 Å². The Balaban J connectivity index is 0.000000174. The molecule has 14 nitrogen and oxygen atoms in total. The van der Waals surface area contributed by atoms with Gasteiger partial charge in [0, 0.05) is 46.8 Å². The van der Waals surface area contributed by atoms with Crippen molar-refractivity contribution >= 4 is 43.6 Å². The smallest absolute Gasteiger partial charge is 0.254 e. The number of aromatic nitrogens is 4. The molecular formula is C52H60N8O6S4. The van der Waals surface area contributed by atoms with Crippen LogP contribution >= 0.6 is 23.5 Å². The van der Waals surface area contributed by atoms with Gasteiger partial charge in [-0.15, -0.1) is 0 Å². The molecule has 4 aliphatic carbocycles. The molecule has 4 aromatic carbocycles. The van der Waals surface area contributed by atoms with E-state index in [-0.39, 0.29) is 45.1 Å². The van der Waals surface area contributed by atoms with Gasteiger partial charge in [-0.3, -0.25) is 9.59 Å². The summed E-state index contributed by atoms with van der Waals surface area (Å²) >= 11 is 3.05. The Hall–Kier alpha value is -4.92. The molecule has 2 heterocycles. The van der Waals surface area contributed by atoms with E-state index in [0.717, 1.165) is 146 Å². The molecule has 4 atom stereocenters. The van der Waals surface area contributed by atoms with E-state index < -0.39 is 20.0 Å². The fourth-order valence-corrected chi connectivity index (χ4v) is 14.0. The number of nitrogens with one attached hydrogen (secondary N) is 4. The van der Waals surface area contributed by atoms with Gasteiger partial charge in [0.05, 0.1) is 21.2 Å². The predicted molar refractivity (Wildman–Crippen MR) is 278 cm³/mol. The average molecular weight is 1020 g/mol. The first-order chi connectivity index (χ1) is 33.8. The first kappa shape index (κ1) is 50.0. The normalized spacial score (nSPS) is 20.0. The van der Waals surface area contributed by atoms with Crippen LogP contribution in [0.25, 0.3) is 22.3 Å². The summed E-state index contributed by atoms with van der Waals surface area (Å²) in [6.45, 7) is 0. The number of benzene rings is 4. The van der Waals surface area contributed by atoms with Gasteiger partial charge < -0.3 is 21.4 Å². The van der Waals surface area contributed by atoms with Crippen LogP contribution in [0.3, 0.4) is 0 Å². The topological polar surface area (TPSA) is 236 Å². The third-order valence-corrected chi connectivity index (χ3v) is 18.6. The molecule has 2 unspecified atom stereocenters. The zero-order valence-electron chi connectivity index (χ0n) is 39.0. The highest BCUT2D eigenvalue weighted by Gasteiger charge is 2.29. The summed E-state index contributed by atoms with van der Waals surface area (Å²) < 4.78 is 56.8. The summed E-state index contributed by atoms with van der Waals surface area (Å²) in [5.74, 6) is 1.41. The van der Waals surface area contributed by atoms with Crippen LogP contribution in [-0.4, -0.2) is 60.9 Å². The summed E-state index contributed by atoms with van der Waals surface area (Å²) in [7, 11) is -7.21. The average Bonchev–Trinajstić information content (AvgIpc) is 4.06. The summed E-state index contributed by atoms with van der Waals surface area (Å²) in [4.78, 5) is 39.9. The second kappa shape index (κ2) is 22.2. The van der Waals surface area contributed by atoms with Crippen molar-refractivity contribution in [3.8, 4) is 22.3 Å². The fraction of sp³-hybridized carbons (Fsp3) is 0.385. The molecule has 6 aromatic rings. The van der Waals surface area contributed by atoms with Crippen LogP contribution in [0.4, 0.5) is 0 Å². The molecule has 0 bridgehead atoms. The summed E-state index contributed by atoms with van der Waals surface area (Å²) in [5, 5.41) is 1.33. The molecule has 70 heavy (non-hydrogen) atoms. The zero-order chi connectivity index (χ0) is 48.8. The third kappa shape index (κ3) is 12.2. The van der Waals surface area contributed by atoms with Crippen molar-refractivity contribution in [1.82, 2.24) is 29.4 Å². The van der Waals surface area contributed by atoms with Gasteiger partial charge >= 0.3 is 0 Å². The second-order valence-corrected chi connectivity index (χ2v) is 24.0. The molecule has 2 fully saturated rings. The molecule has 0 radical (unpaired) electrons. The monoisotopic (exact) mass is 1020 g/mol. The summed E-state index contributed by atoms with van der Waals surface area (Å²) in [6, 6.07) is 29.5. The van der Waals surface area contributed by atoms with Crippen molar-refractivity contribution in [2.45, 2.75) is 146 Å². The summed E-state index contributed by atoms with van der Waals surface area (Å²) in [6.07, 6.45) is 12.8. The first-order valence-corrected chi connectivity index (χ1v) is 29.2. The predicted octanol–water partition coefficient (Wildman–Crippen LogP) is 7.53. The van der Waals surface area contributed by atoms with Crippen molar-refractivity contribution < 1.29 is 16.8 Å². The van der Waals surface area contributed by atoms with Gasteiger partial charge in [-0.25, -0.2) is 36.2 Å². The molecule has 10 rings (SSSR count). The Morgan fingerprint density at radius 3 is 1.19 bits per heavy atom. The van der Waals surface area contributed by atoms with E-state index in [0.29, 0.717) is 21.8 Å². The van der Waals surface area contributed by atoms with Crippen LogP contribution in [0.5, 0.6) is 0 Å². The van der Waals surface area contributed by atoms with Crippen LogP contribution in [0, 0.1) is 0 Å². The maximum Gasteiger partial charge on any atom is 0.254 e. The highest BCUT2D eigenvalue weighted by Crippen LogP contribution is 2.29. The van der Waals surface area contributed by atoms with Crippen molar-refractivity contribution in [3.05, 3.63) is 151 Å². The minimum atomic E-state index is -3.60. The Morgan fingerprint density at radius 2 is 0.829 bits per heavy atom. The Bertz CT molecular complexity index is 2920. The largest absolute Gasteiger partial charge is 0.326 e. The summed E-state index contributed by atoms with van der Waals surface area (Å²) in [5.41, 5.74) is 21.9. The second-order valence-electron chi connectivity index (χ2n) is 18.7. The molecule has 0 amide bonds. The van der Waals surface area contributed by atoms with Gasteiger partial charge in [0.1, 0.15) is 0 Å². The molecule has 2 saturated carbocycles. The number of thioether (sulfide) groups is 2. The van der Waals surface area contributed by atoms with E-state index in [1.807, 2.05) is 72.8 Å². The highest BCUT2D eigenvalue weighted by molar-refractivity contribution is 7.98. The number of hydrogen-bond donors (Lipinski definition) is 6. The maximum absolute atomic E-state index is 12.8. The van der Waals surface area contributed by atoms with Crippen molar-refractivity contribution in [3.63, 3.8) is 0 Å². The Kier molecular flexibility index (Phi) is 15.9. The lowest BCUT2D eigenvalue weighted by molar-refractivity contribution is 0.361. The number of fused-ring (bicyclic) bond motifs is 2. The number of hydrogen-bond acceptors (Lipinski definition) is 12. The number of aromatic amines is 2. The van der Waals surface area contributed by atoms with Crippen LogP contribution in [-0.2, 0) is 57.2 Å². The van der Waals surface area contributed by atoms with Crippen molar-refractivity contribution in [2.75, 3.05) is 0 Å². The van der Waals surface area contributed by atoms with Gasteiger partial charge in [-0.2, -0.15) is 0 Å². The molecule has 8 N–H and O–H groups in total. The molecule has 4 aliphatic rings. The Labute approximate surface area is 418 Å². The lowest BCUT2D eigenvalue weighted by Gasteiger charge is -2.29.